The summed E-state index contributed by atoms with van der Waals surface area (Å²) in [7, 11) is 0. The van der Waals surface area contributed by atoms with Crippen molar-refractivity contribution in [3.8, 4) is 0 Å². The molecule has 0 heterocycles. The van der Waals surface area contributed by atoms with Crippen LogP contribution in [0.1, 0.15) is 48.5 Å². The topological polar surface area (TPSA) is 89.9 Å². The van der Waals surface area contributed by atoms with Crippen LogP contribution in [0.4, 0.5) is 0 Å². The van der Waals surface area contributed by atoms with Gasteiger partial charge in [-0.05, 0) is 55.5 Å². The first-order chi connectivity index (χ1) is 12.4. The molecule has 0 aliphatic heterocycles. The van der Waals surface area contributed by atoms with Gasteiger partial charge in [0, 0.05) is 5.56 Å². The molecule has 136 valence electrons. The van der Waals surface area contributed by atoms with Crippen molar-refractivity contribution in [2.24, 2.45) is 0 Å². The zero-order valence-corrected chi connectivity index (χ0v) is 14.5. The van der Waals surface area contributed by atoms with E-state index in [0.717, 1.165) is 36.5 Å². The summed E-state index contributed by atoms with van der Waals surface area (Å²) in [6, 6.07) is 10.9. The second-order valence-electron chi connectivity index (χ2n) is 6.78. The van der Waals surface area contributed by atoms with Crippen LogP contribution in [-0.4, -0.2) is 28.6 Å². The van der Waals surface area contributed by atoms with Gasteiger partial charge >= 0.3 is 17.9 Å². The molecule has 6 heteroatoms. The highest BCUT2D eigenvalue weighted by Gasteiger charge is 2.33. The predicted octanol–water partition coefficient (Wildman–Crippen LogP) is 3.46. The molecule has 1 aliphatic carbocycles. The van der Waals surface area contributed by atoms with E-state index in [-0.39, 0.29) is 12.2 Å². The van der Waals surface area contributed by atoms with Crippen LogP contribution in [-0.2, 0) is 25.7 Å². The highest BCUT2D eigenvalue weighted by Crippen LogP contribution is 2.34. The lowest BCUT2D eigenvalue weighted by atomic mass is 10.0. The number of carbonyl (C=O) groups is 3. The van der Waals surface area contributed by atoms with Crippen LogP contribution in [0.5, 0.6) is 0 Å². The summed E-state index contributed by atoms with van der Waals surface area (Å²) in [6.07, 6.45) is 3.67. The molecule has 2 aromatic carbocycles. The van der Waals surface area contributed by atoms with Crippen LogP contribution >= 0.6 is 0 Å². The largest absolute Gasteiger partial charge is 0.473 e. The normalized spacial score (nSPS) is 15.6. The summed E-state index contributed by atoms with van der Waals surface area (Å²) in [4.78, 5) is 34.7. The summed E-state index contributed by atoms with van der Waals surface area (Å²) in [5.74, 6) is -3.52. The van der Waals surface area contributed by atoms with Gasteiger partial charge in [-0.15, -0.1) is 0 Å². The second kappa shape index (κ2) is 7.15. The summed E-state index contributed by atoms with van der Waals surface area (Å²) in [5, 5.41) is 10.4. The smallest absolute Gasteiger partial charge is 0.417 e. The third kappa shape index (κ3) is 3.85. The van der Waals surface area contributed by atoms with Crippen molar-refractivity contribution in [3.05, 3.63) is 47.5 Å². The van der Waals surface area contributed by atoms with Crippen molar-refractivity contribution in [1.29, 1.82) is 0 Å². The molecule has 3 rings (SSSR count). The molecule has 0 aromatic heterocycles. The number of esters is 2. The van der Waals surface area contributed by atoms with Gasteiger partial charge in [0.2, 0.25) is 0 Å². The van der Waals surface area contributed by atoms with E-state index in [1.807, 2.05) is 31.2 Å². The fourth-order valence-corrected chi connectivity index (χ4v) is 3.31. The molecule has 0 saturated heterocycles. The van der Waals surface area contributed by atoms with E-state index in [1.165, 1.54) is 0 Å². The number of hydrogen-bond acceptors (Lipinski definition) is 5. The zero-order chi connectivity index (χ0) is 18.7. The molecule has 26 heavy (non-hydrogen) atoms. The summed E-state index contributed by atoms with van der Waals surface area (Å²) in [6.45, 7) is 1.61. The predicted molar refractivity (Wildman–Crippen MR) is 93.7 cm³/mol. The van der Waals surface area contributed by atoms with Gasteiger partial charge in [-0.1, -0.05) is 24.3 Å². The van der Waals surface area contributed by atoms with E-state index >= 15 is 0 Å². The first-order valence-electron chi connectivity index (χ1n) is 8.53. The Morgan fingerprint density at radius 2 is 1.69 bits per heavy atom. The Labute approximate surface area is 150 Å². The highest BCUT2D eigenvalue weighted by atomic mass is 16.6. The molecule has 0 radical (unpaired) electrons. The monoisotopic (exact) mass is 356 g/mol. The minimum Gasteiger partial charge on any atom is -0.473 e. The number of rotatable bonds is 4. The number of fused-ring (bicyclic) bond motifs is 1. The van der Waals surface area contributed by atoms with Gasteiger partial charge in [-0.25, -0.2) is 14.4 Å². The Bertz CT molecular complexity index is 864. The van der Waals surface area contributed by atoms with Gasteiger partial charge < -0.3 is 14.6 Å². The van der Waals surface area contributed by atoms with Crippen LogP contribution in [0, 0.1) is 0 Å². The maximum atomic E-state index is 12.8. The van der Waals surface area contributed by atoms with Crippen LogP contribution in [0.2, 0.25) is 0 Å². The maximum Gasteiger partial charge on any atom is 0.417 e. The maximum absolute atomic E-state index is 12.8. The lowest BCUT2D eigenvalue weighted by molar-refractivity contribution is -0.164. The van der Waals surface area contributed by atoms with Crippen LogP contribution in [0.3, 0.4) is 0 Å². The van der Waals surface area contributed by atoms with E-state index in [9.17, 15) is 14.4 Å². The second-order valence-corrected chi connectivity index (χ2v) is 6.78. The molecule has 0 amide bonds. The number of hydrogen-bond donors (Lipinski definition) is 1. The van der Waals surface area contributed by atoms with Crippen molar-refractivity contribution < 1.29 is 29.0 Å². The lowest BCUT2D eigenvalue weighted by Crippen LogP contribution is -2.28. The summed E-state index contributed by atoms with van der Waals surface area (Å²) >= 11 is 0. The third-order valence-corrected chi connectivity index (χ3v) is 4.73. The Kier molecular flexibility index (Phi) is 4.93. The molecule has 6 nitrogen and oxygen atoms in total. The van der Waals surface area contributed by atoms with Gasteiger partial charge in [0.05, 0.1) is 5.56 Å². The Balaban J connectivity index is 1.92. The van der Waals surface area contributed by atoms with Gasteiger partial charge in [-0.3, -0.25) is 0 Å². The van der Waals surface area contributed by atoms with Gasteiger partial charge in [0.25, 0.3) is 0 Å². The van der Waals surface area contributed by atoms with E-state index in [1.54, 1.807) is 12.1 Å². The minimum atomic E-state index is -1.67. The Morgan fingerprint density at radius 1 is 1.08 bits per heavy atom. The van der Waals surface area contributed by atoms with Crippen LogP contribution in [0.15, 0.2) is 36.4 Å². The van der Waals surface area contributed by atoms with Crippen molar-refractivity contribution in [2.45, 2.75) is 44.8 Å². The number of ether oxygens (including phenoxy) is 2. The fraction of sp³-hybridized carbons (Fsp3) is 0.350. The van der Waals surface area contributed by atoms with E-state index < -0.39 is 23.5 Å². The number of carboxylic acids is 1. The van der Waals surface area contributed by atoms with E-state index in [0.29, 0.717) is 5.56 Å². The molecule has 2 aromatic rings. The molecule has 0 unspecified atom stereocenters. The number of carbonyl (C=O) groups excluding carboxylic acids is 2. The summed E-state index contributed by atoms with van der Waals surface area (Å²) < 4.78 is 10.5. The van der Waals surface area contributed by atoms with E-state index in [2.05, 4.69) is 0 Å². The Hall–Kier alpha value is -2.89. The van der Waals surface area contributed by atoms with Crippen molar-refractivity contribution in [3.63, 3.8) is 0 Å². The summed E-state index contributed by atoms with van der Waals surface area (Å²) in [5.41, 5.74) is 0.220. The average Bonchev–Trinajstić information content (AvgIpc) is 3.04. The minimum absolute atomic E-state index is 0.287. The van der Waals surface area contributed by atoms with Crippen LogP contribution in [0.25, 0.3) is 10.8 Å². The first kappa shape index (κ1) is 17.9. The fourth-order valence-electron chi connectivity index (χ4n) is 3.31. The van der Waals surface area contributed by atoms with E-state index in [4.69, 9.17) is 14.6 Å². The van der Waals surface area contributed by atoms with Crippen molar-refractivity contribution >= 4 is 28.7 Å². The molecule has 1 fully saturated rings. The molecule has 0 spiro atoms. The molecule has 0 bridgehead atoms. The molecule has 1 aliphatic rings. The molecule has 0 atom stereocenters. The van der Waals surface area contributed by atoms with Gasteiger partial charge in [0.15, 0.2) is 0 Å². The standard InChI is InChI=1S/C20H20O6/c1-20(8-4-5-9-20)26-18(23)16-11-14-7-3-2-6-13(14)10-15(16)12-25-19(24)17(21)22/h2-3,6-7,10-11H,4-5,8-9,12H2,1H3,(H,21,22). The Morgan fingerprint density at radius 3 is 2.31 bits per heavy atom. The first-order valence-corrected chi connectivity index (χ1v) is 8.53. The van der Waals surface area contributed by atoms with Gasteiger partial charge in [-0.2, -0.15) is 0 Å². The number of aliphatic carboxylic acids is 1. The third-order valence-electron chi connectivity index (χ3n) is 4.73. The lowest BCUT2D eigenvalue weighted by Gasteiger charge is -2.24. The quantitative estimate of drug-likeness (QED) is 0.666. The molecular formula is C20H20O6. The van der Waals surface area contributed by atoms with Crippen molar-refractivity contribution in [2.75, 3.05) is 0 Å². The number of benzene rings is 2. The molecule has 1 saturated carbocycles. The molecular weight excluding hydrogens is 336 g/mol. The van der Waals surface area contributed by atoms with Crippen molar-refractivity contribution in [1.82, 2.24) is 0 Å². The van der Waals surface area contributed by atoms with Crippen LogP contribution < -0.4 is 0 Å². The average molecular weight is 356 g/mol. The SMILES string of the molecule is CC1(OC(=O)c2cc3ccccc3cc2COC(=O)C(=O)O)CCCC1. The number of carboxylic acid groups (broad SMARTS) is 1. The van der Waals surface area contributed by atoms with Gasteiger partial charge in [0.1, 0.15) is 12.2 Å². The zero-order valence-electron chi connectivity index (χ0n) is 14.5. The highest BCUT2D eigenvalue weighted by molar-refractivity contribution is 6.28. The molecule has 1 N–H and O–H groups in total.